The van der Waals surface area contributed by atoms with Crippen LogP contribution in [0.25, 0.3) is 0 Å². The lowest BCUT2D eigenvalue weighted by atomic mass is 10.1. The van der Waals surface area contributed by atoms with Gasteiger partial charge in [0.1, 0.15) is 5.82 Å². The van der Waals surface area contributed by atoms with Crippen LogP contribution >= 0.6 is 11.3 Å². The average Bonchev–Trinajstić information content (AvgIpc) is 2.88. The van der Waals surface area contributed by atoms with Crippen molar-refractivity contribution in [1.29, 1.82) is 0 Å². The minimum Gasteiger partial charge on any atom is -0.356 e. The molecule has 4 nitrogen and oxygen atoms in total. The van der Waals surface area contributed by atoms with Crippen molar-refractivity contribution in [2.24, 2.45) is 5.92 Å². The van der Waals surface area contributed by atoms with Crippen LogP contribution < -0.4 is 10.6 Å². The zero-order valence-electron chi connectivity index (χ0n) is 12.7. The van der Waals surface area contributed by atoms with Gasteiger partial charge in [-0.2, -0.15) is 0 Å². The summed E-state index contributed by atoms with van der Waals surface area (Å²) in [5.74, 6) is 0.286. The molecule has 0 fully saturated rings. The van der Waals surface area contributed by atoms with Crippen molar-refractivity contribution in [3.63, 3.8) is 0 Å². The van der Waals surface area contributed by atoms with Crippen LogP contribution in [0.1, 0.15) is 26.0 Å². The zero-order valence-corrected chi connectivity index (χ0v) is 13.5. The molecule has 0 saturated heterocycles. The van der Waals surface area contributed by atoms with Crippen LogP contribution in [-0.4, -0.2) is 17.4 Å². The first-order chi connectivity index (χ1) is 10.5. The largest absolute Gasteiger partial charge is 0.356 e. The first-order valence-electron chi connectivity index (χ1n) is 7.26. The van der Waals surface area contributed by atoms with Crippen molar-refractivity contribution in [3.05, 3.63) is 41.2 Å². The summed E-state index contributed by atoms with van der Waals surface area (Å²) >= 11 is 1.42. The number of halogens is 1. The maximum Gasteiger partial charge on any atom is 0.226 e. The number of aromatic nitrogens is 1. The molecule has 2 rings (SSSR count). The monoisotopic (exact) mass is 321 g/mol. The Morgan fingerprint density at radius 1 is 1.32 bits per heavy atom. The van der Waals surface area contributed by atoms with Crippen LogP contribution in [0.2, 0.25) is 0 Å². The lowest BCUT2D eigenvalue weighted by Gasteiger charge is -2.06. The van der Waals surface area contributed by atoms with Crippen LogP contribution in [-0.2, 0) is 11.2 Å². The van der Waals surface area contributed by atoms with Gasteiger partial charge in [-0.05, 0) is 36.6 Å². The van der Waals surface area contributed by atoms with Crippen molar-refractivity contribution in [2.75, 3.05) is 11.9 Å². The van der Waals surface area contributed by atoms with Gasteiger partial charge in [-0.1, -0.05) is 13.8 Å². The fourth-order valence-electron chi connectivity index (χ4n) is 1.83. The Morgan fingerprint density at radius 2 is 2.05 bits per heavy atom. The summed E-state index contributed by atoms with van der Waals surface area (Å²) < 4.78 is 12.8. The maximum atomic E-state index is 12.8. The van der Waals surface area contributed by atoms with Crippen molar-refractivity contribution < 1.29 is 9.18 Å². The van der Waals surface area contributed by atoms with Gasteiger partial charge in [0, 0.05) is 17.6 Å². The number of rotatable bonds is 7. The van der Waals surface area contributed by atoms with Crippen molar-refractivity contribution in [2.45, 2.75) is 26.7 Å². The SMILES string of the molecule is CC(C)CCNC(=O)Cc1csc(Nc2ccc(F)cc2)n1. The minimum atomic E-state index is -0.275. The first-order valence-corrected chi connectivity index (χ1v) is 8.14. The smallest absolute Gasteiger partial charge is 0.226 e. The third-order valence-electron chi connectivity index (χ3n) is 3.03. The summed E-state index contributed by atoms with van der Waals surface area (Å²) in [6.07, 6.45) is 1.25. The molecule has 0 atom stereocenters. The van der Waals surface area contributed by atoms with Gasteiger partial charge in [0.15, 0.2) is 5.13 Å². The molecule has 1 heterocycles. The van der Waals surface area contributed by atoms with Crippen LogP contribution in [0, 0.1) is 11.7 Å². The molecule has 1 aromatic heterocycles. The highest BCUT2D eigenvalue weighted by Gasteiger charge is 2.08. The quantitative estimate of drug-likeness (QED) is 0.817. The number of anilines is 2. The van der Waals surface area contributed by atoms with E-state index in [1.807, 2.05) is 5.38 Å². The van der Waals surface area contributed by atoms with Crippen LogP contribution in [0.15, 0.2) is 29.6 Å². The van der Waals surface area contributed by atoms with Gasteiger partial charge in [0.25, 0.3) is 0 Å². The topological polar surface area (TPSA) is 54.0 Å². The molecule has 0 bridgehead atoms. The maximum absolute atomic E-state index is 12.8. The molecule has 22 heavy (non-hydrogen) atoms. The zero-order chi connectivity index (χ0) is 15.9. The number of carbonyl (C=O) groups is 1. The van der Waals surface area contributed by atoms with Crippen molar-refractivity contribution in [3.8, 4) is 0 Å². The Hall–Kier alpha value is -1.95. The Balaban J connectivity index is 1.83. The molecule has 2 aromatic rings. The third kappa shape index (κ3) is 5.44. The fourth-order valence-corrected chi connectivity index (χ4v) is 2.56. The number of hydrogen-bond donors (Lipinski definition) is 2. The van der Waals surface area contributed by atoms with Gasteiger partial charge in [-0.25, -0.2) is 9.37 Å². The number of carbonyl (C=O) groups excluding carboxylic acids is 1. The Morgan fingerprint density at radius 3 is 2.73 bits per heavy atom. The molecule has 0 aliphatic carbocycles. The van der Waals surface area contributed by atoms with Gasteiger partial charge >= 0.3 is 0 Å². The van der Waals surface area contributed by atoms with Crippen LogP contribution in [0.4, 0.5) is 15.2 Å². The molecule has 0 saturated carbocycles. The summed E-state index contributed by atoms with van der Waals surface area (Å²) in [6, 6.07) is 6.07. The molecule has 6 heteroatoms. The molecule has 0 aliphatic rings. The standard InChI is InChI=1S/C16H20FN3OS/c1-11(2)7-8-18-15(21)9-14-10-22-16(20-14)19-13-5-3-12(17)4-6-13/h3-6,10-11H,7-9H2,1-2H3,(H,18,21)(H,19,20). The highest BCUT2D eigenvalue weighted by atomic mass is 32.1. The van der Waals surface area contributed by atoms with E-state index in [1.165, 1.54) is 23.5 Å². The molecule has 1 aromatic carbocycles. The second-order valence-electron chi connectivity index (χ2n) is 5.49. The molecular formula is C16H20FN3OS. The van der Waals surface area contributed by atoms with Gasteiger partial charge in [-0.15, -0.1) is 11.3 Å². The molecule has 1 amide bonds. The van der Waals surface area contributed by atoms with Crippen molar-refractivity contribution in [1.82, 2.24) is 10.3 Å². The number of thiazole rings is 1. The summed E-state index contributed by atoms with van der Waals surface area (Å²) in [4.78, 5) is 16.2. The minimum absolute atomic E-state index is 0.0146. The van der Waals surface area contributed by atoms with E-state index in [0.29, 0.717) is 17.6 Å². The molecule has 2 N–H and O–H groups in total. The summed E-state index contributed by atoms with van der Waals surface area (Å²) in [5.41, 5.74) is 1.50. The van der Waals surface area contributed by atoms with E-state index in [-0.39, 0.29) is 18.1 Å². The highest BCUT2D eigenvalue weighted by Crippen LogP contribution is 2.21. The second-order valence-corrected chi connectivity index (χ2v) is 6.34. The summed E-state index contributed by atoms with van der Waals surface area (Å²) in [6.45, 7) is 4.95. The van der Waals surface area contributed by atoms with E-state index in [0.717, 1.165) is 17.8 Å². The molecule has 0 aliphatic heterocycles. The van der Waals surface area contributed by atoms with Crippen LogP contribution in [0.5, 0.6) is 0 Å². The summed E-state index contributed by atoms with van der Waals surface area (Å²) in [7, 11) is 0. The molecular weight excluding hydrogens is 301 g/mol. The van der Waals surface area contributed by atoms with Gasteiger partial charge in [0.05, 0.1) is 12.1 Å². The third-order valence-corrected chi connectivity index (χ3v) is 3.84. The lowest BCUT2D eigenvalue weighted by molar-refractivity contribution is -0.120. The van der Waals surface area contributed by atoms with Gasteiger partial charge in [0.2, 0.25) is 5.91 Å². The number of nitrogens with one attached hydrogen (secondary N) is 2. The Kier molecular flexibility index (Phi) is 5.89. The fraction of sp³-hybridized carbons (Fsp3) is 0.375. The summed E-state index contributed by atoms with van der Waals surface area (Å²) in [5, 5.41) is 8.53. The van der Waals surface area contributed by atoms with Gasteiger partial charge < -0.3 is 10.6 Å². The molecule has 0 unspecified atom stereocenters. The van der Waals surface area contributed by atoms with Gasteiger partial charge in [-0.3, -0.25) is 4.79 Å². The number of hydrogen-bond acceptors (Lipinski definition) is 4. The first kappa shape index (κ1) is 16.4. The average molecular weight is 321 g/mol. The number of benzene rings is 1. The second kappa shape index (κ2) is 7.89. The predicted octanol–water partition coefficient (Wildman–Crippen LogP) is 3.73. The number of nitrogens with zero attached hydrogens (tertiary/aromatic N) is 1. The molecule has 0 radical (unpaired) electrons. The normalized spacial score (nSPS) is 10.7. The number of amides is 1. The predicted molar refractivity (Wildman–Crippen MR) is 88.0 cm³/mol. The highest BCUT2D eigenvalue weighted by molar-refractivity contribution is 7.13. The molecule has 118 valence electrons. The van der Waals surface area contributed by atoms with E-state index < -0.39 is 0 Å². The van der Waals surface area contributed by atoms with E-state index in [2.05, 4.69) is 29.5 Å². The molecule has 0 spiro atoms. The lowest BCUT2D eigenvalue weighted by Crippen LogP contribution is -2.26. The van der Waals surface area contributed by atoms with Crippen LogP contribution in [0.3, 0.4) is 0 Å². The van der Waals surface area contributed by atoms with E-state index in [4.69, 9.17) is 0 Å². The van der Waals surface area contributed by atoms with E-state index in [1.54, 1.807) is 12.1 Å². The Labute approximate surface area is 133 Å². The van der Waals surface area contributed by atoms with Crippen molar-refractivity contribution >= 4 is 28.1 Å². The van der Waals surface area contributed by atoms with E-state index in [9.17, 15) is 9.18 Å². The Bertz CT molecular complexity index is 610. The van der Waals surface area contributed by atoms with E-state index >= 15 is 0 Å².